The van der Waals surface area contributed by atoms with Crippen molar-refractivity contribution in [2.45, 2.75) is 26.2 Å². The van der Waals surface area contributed by atoms with E-state index in [4.69, 9.17) is 0 Å². The summed E-state index contributed by atoms with van der Waals surface area (Å²) in [5.41, 5.74) is 1.17. The van der Waals surface area contributed by atoms with Gasteiger partial charge >= 0.3 is 6.18 Å². The maximum atomic E-state index is 13.5. The van der Waals surface area contributed by atoms with Crippen molar-refractivity contribution < 1.29 is 22.4 Å². The number of carbonyl (C=O) groups excluding carboxylic acids is 1. The van der Waals surface area contributed by atoms with Crippen LogP contribution in [0.15, 0.2) is 36.7 Å². The summed E-state index contributed by atoms with van der Waals surface area (Å²) in [6.45, 7) is 0.393. The first-order valence-corrected chi connectivity index (χ1v) is 8.03. The van der Waals surface area contributed by atoms with Crippen molar-refractivity contribution in [2.24, 2.45) is 0 Å². The van der Waals surface area contributed by atoms with Gasteiger partial charge in [-0.1, -0.05) is 0 Å². The number of pyridine rings is 1. The van der Waals surface area contributed by atoms with Gasteiger partial charge in [0.2, 0.25) is 0 Å². The van der Waals surface area contributed by atoms with Gasteiger partial charge in [-0.15, -0.1) is 0 Å². The fourth-order valence-electron chi connectivity index (χ4n) is 2.83. The van der Waals surface area contributed by atoms with Crippen molar-refractivity contribution in [3.05, 3.63) is 59.6 Å². The lowest BCUT2D eigenvalue weighted by Gasteiger charge is -2.19. The Morgan fingerprint density at radius 1 is 1.26 bits per heavy atom. The first kappa shape index (κ1) is 18.8. The minimum absolute atomic E-state index is 0.105. The molecule has 0 fully saturated rings. The van der Waals surface area contributed by atoms with Gasteiger partial charge in [0.1, 0.15) is 18.2 Å². The Bertz CT molecular complexity index is 991. The third-order valence-electron chi connectivity index (χ3n) is 4.01. The average Bonchev–Trinajstić information content (AvgIpc) is 2.97. The summed E-state index contributed by atoms with van der Waals surface area (Å²) < 4.78 is 52.3. The number of halogens is 4. The summed E-state index contributed by atoms with van der Waals surface area (Å²) in [6, 6.07) is 5.49. The van der Waals surface area contributed by atoms with Crippen LogP contribution in [0.4, 0.5) is 17.6 Å². The van der Waals surface area contributed by atoms with E-state index in [9.17, 15) is 22.4 Å². The van der Waals surface area contributed by atoms with Crippen LogP contribution < -0.4 is 0 Å². The van der Waals surface area contributed by atoms with Crippen LogP contribution in [0.25, 0.3) is 10.9 Å². The predicted molar refractivity (Wildman–Crippen MR) is 90.5 cm³/mol. The number of hydrogen-bond donors (Lipinski definition) is 0. The maximum absolute atomic E-state index is 13.5. The van der Waals surface area contributed by atoms with E-state index in [0.29, 0.717) is 22.2 Å². The molecule has 0 radical (unpaired) electrons. The zero-order valence-electron chi connectivity index (χ0n) is 14.6. The highest BCUT2D eigenvalue weighted by molar-refractivity contribution is 6.06. The second-order valence-corrected chi connectivity index (χ2v) is 6.22. The number of imidazole rings is 1. The summed E-state index contributed by atoms with van der Waals surface area (Å²) in [6.07, 6.45) is -1.91. The van der Waals surface area contributed by atoms with E-state index >= 15 is 0 Å². The molecule has 5 nitrogen and oxygen atoms in total. The van der Waals surface area contributed by atoms with E-state index in [-0.39, 0.29) is 12.4 Å². The number of hydrogen-bond acceptors (Lipinski definition) is 3. The number of rotatable bonds is 4. The molecule has 27 heavy (non-hydrogen) atoms. The van der Waals surface area contributed by atoms with Gasteiger partial charge < -0.3 is 9.47 Å². The Morgan fingerprint density at radius 3 is 2.70 bits per heavy atom. The highest BCUT2D eigenvalue weighted by Gasteiger charge is 2.29. The molecule has 0 saturated heterocycles. The van der Waals surface area contributed by atoms with Crippen LogP contribution in [0.5, 0.6) is 0 Å². The van der Waals surface area contributed by atoms with E-state index in [1.165, 1.54) is 42.5 Å². The third kappa shape index (κ3) is 4.24. The molecule has 0 saturated carbocycles. The van der Waals surface area contributed by atoms with Crippen LogP contribution >= 0.6 is 0 Å². The Kier molecular flexibility index (Phi) is 4.86. The zero-order valence-corrected chi connectivity index (χ0v) is 14.6. The van der Waals surface area contributed by atoms with E-state index in [1.807, 2.05) is 0 Å². The zero-order chi connectivity index (χ0) is 19.8. The molecule has 0 unspecified atom stereocenters. The molecule has 1 amide bonds. The summed E-state index contributed by atoms with van der Waals surface area (Å²) in [5, 5.41) is 0.470. The first-order chi connectivity index (χ1) is 12.6. The molecule has 0 aliphatic rings. The normalized spacial score (nSPS) is 11.8. The highest BCUT2D eigenvalue weighted by Crippen LogP contribution is 2.22. The fourth-order valence-corrected chi connectivity index (χ4v) is 2.83. The number of benzene rings is 1. The fraction of sp³-hybridized carbons (Fsp3) is 0.278. The highest BCUT2D eigenvalue weighted by atomic mass is 19.4. The van der Waals surface area contributed by atoms with E-state index in [0.717, 1.165) is 4.57 Å². The smallest absolute Gasteiger partial charge is 0.334 e. The van der Waals surface area contributed by atoms with Gasteiger partial charge in [0, 0.05) is 36.6 Å². The van der Waals surface area contributed by atoms with Gasteiger partial charge in [-0.25, -0.2) is 9.37 Å². The molecule has 0 bridgehead atoms. The van der Waals surface area contributed by atoms with Crippen LogP contribution in [0.3, 0.4) is 0 Å². The van der Waals surface area contributed by atoms with Crippen molar-refractivity contribution in [1.82, 2.24) is 19.4 Å². The summed E-state index contributed by atoms with van der Waals surface area (Å²) in [7, 11) is 1.47. The number of fused-ring (bicyclic) bond motifs is 1. The molecule has 1 aromatic carbocycles. The average molecular weight is 380 g/mol. The monoisotopic (exact) mass is 380 g/mol. The van der Waals surface area contributed by atoms with Crippen molar-refractivity contribution in [3.8, 4) is 0 Å². The quantitative estimate of drug-likeness (QED) is 0.649. The number of aryl methyl sites for hydroxylation is 1. The van der Waals surface area contributed by atoms with E-state index in [2.05, 4.69) is 9.97 Å². The van der Waals surface area contributed by atoms with Crippen LogP contribution in [0.2, 0.25) is 0 Å². The van der Waals surface area contributed by atoms with E-state index in [1.54, 1.807) is 13.0 Å². The van der Waals surface area contributed by atoms with Crippen molar-refractivity contribution >= 4 is 16.8 Å². The molecule has 2 aromatic heterocycles. The van der Waals surface area contributed by atoms with Crippen molar-refractivity contribution in [3.63, 3.8) is 0 Å². The lowest BCUT2D eigenvalue weighted by Crippen LogP contribution is -2.29. The SMILES string of the molecule is Cc1cc(C(=O)N(C)Cc2nccn2CC(F)(F)F)c2ccc(F)cc2n1. The van der Waals surface area contributed by atoms with Gasteiger partial charge in [0.05, 0.1) is 17.6 Å². The van der Waals surface area contributed by atoms with Crippen molar-refractivity contribution in [1.29, 1.82) is 0 Å². The van der Waals surface area contributed by atoms with Crippen LogP contribution in [0, 0.1) is 12.7 Å². The molecule has 0 aliphatic heterocycles. The Morgan fingerprint density at radius 2 is 2.00 bits per heavy atom. The Balaban J connectivity index is 1.89. The molecule has 0 N–H and O–H groups in total. The van der Waals surface area contributed by atoms with Crippen LogP contribution in [0.1, 0.15) is 21.9 Å². The van der Waals surface area contributed by atoms with E-state index < -0.39 is 24.4 Å². The van der Waals surface area contributed by atoms with Gasteiger partial charge in [0.15, 0.2) is 0 Å². The van der Waals surface area contributed by atoms with Crippen LogP contribution in [-0.4, -0.2) is 38.6 Å². The summed E-state index contributed by atoms with van der Waals surface area (Å²) in [5.74, 6) is -0.774. The molecule has 2 heterocycles. The number of alkyl halides is 3. The Hall–Kier alpha value is -2.97. The topological polar surface area (TPSA) is 51.0 Å². The standard InChI is InChI=1S/C18H16F4N4O/c1-11-7-14(13-4-3-12(19)8-15(13)24-11)17(27)25(2)9-16-23-5-6-26(16)10-18(20,21)22/h3-8H,9-10H2,1-2H3. The van der Waals surface area contributed by atoms with Crippen molar-refractivity contribution in [2.75, 3.05) is 7.05 Å². The third-order valence-corrected chi connectivity index (χ3v) is 4.01. The molecule has 3 rings (SSSR count). The van der Waals surface area contributed by atoms with Gasteiger partial charge in [-0.05, 0) is 25.1 Å². The molecule has 0 atom stereocenters. The molecule has 9 heteroatoms. The molecule has 0 aliphatic carbocycles. The molecule has 0 spiro atoms. The molecular weight excluding hydrogens is 364 g/mol. The largest absolute Gasteiger partial charge is 0.406 e. The summed E-state index contributed by atoms with van der Waals surface area (Å²) >= 11 is 0. The molecule has 3 aromatic rings. The van der Waals surface area contributed by atoms with Gasteiger partial charge in [-0.3, -0.25) is 9.78 Å². The lowest BCUT2D eigenvalue weighted by molar-refractivity contribution is -0.141. The summed E-state index contributed by atoms with van der Waals surface area (Å²) in [4.78, 5) is 22.3. The molecule has 142 valence electrons. The number of aromatic nitrogens is 3. The molecular formula is C18H16F4N4O. The van der Waals surface area contributed by atoms with Gasteiger partial charge in [-0.2, -0.15) is 13.2 Å². The minimum atomic E-state index is -4.39. The number of amides is 1. The first-order valence-electron chi connectivity index (χ1n) is 8.03. The van der Waals surface area contributed by atoms with Crippen LogP contribution in [-0.2, 0) is 13.1 Å². The predicted octanol–water partition coefficient (Wildman–Crippen LogP) is 3.71. The van der Waals surface area contributed by atoms with Gasteiger partial charge in [0.25, 0.3) is 5.91 Å². The lowest BCUT2D eigenvalue weighted by atomic mass is 10.1. The number of carbonyl (C=O) groups is 1. The maximum Gasteiger partial charge on any atom is 0.406 e. The minimum Gasteiger partial charge on any atom is -0.334 e. The Labute approximate surface area is 152 Å². The second kappa shape index (κ2) is 6.98. The number of nitrogens with zero attached hydrogens (tertiary/aromatic N) is 4. The second-order valence-electron chi connectivity index (χ2n) is 6.22.